The molecule has 3 aromatic rings. The number of carbonyl (C=O) groups is 2. The smallest absolute Gasteiger partial charge is 0.255 e. The number of benzene rings is 2. The van der Waals surface area contributed by atoms with E-state index in [0.29, 0.717) is 30.8 Å². The molecule has 146 valence electrons. The number of hydrogen-bond donors (Lipinski definition) is 0. The average Bonchev–Trinajstić information content (AvgIpc) is 3.05. The van der Waals surface area contributed by atoms with E-state index in [1.807, 2.05) is 18.2 Å². The summed E-state index contributed by atoms with van der Waals surface area (Å²) in [6, 6.07) is 15.2. The standard InChI is InChI=1S/C23H20FN3O2/c1-26(13-16-7-9-19(24)10-8-16)22(28)20-6-2-5-18-15-27(23(29)21(18)20)14-17-4-3-11-25-12-17/h2-12H,13-15H2,1H3. The number of fused-ring (bicyclic) bond motifs is 1. The lowest BCUT2D eigenvalue weighted by atomic mass is 10.0. The Morgan fingerprint density at radius 3 is 2.62 bits per heavy atom. The molecule has 0 saturated carbocycles. The van der Waals surface area contributed by atoms with Crippen LogP contribution in [0, 0.1) is 5.82 Å². The molecule has 0 fully saturated rings. The molecule has 0 radical (unpaired) electrons. The molecule has 2 heterocycles. The number of amides is 2. The number of nitrogens with zero attached hydrogens (tertiary/aromatic N) is 3. The summed E-state index contributed by atoms with van der Waals surface area (Å²) in [7, 11) is 1.68. The third-order valence-electron chi connectivity index (χ3n) is 5.02. The fraction of sp³-hybridized carbons (Fsp3) is 0.174. The molecule has 2 aromatic carbocycles. The Labute approximate surface area is 168 Å². The zero-order valence-electron chi connectivity index (χ0n) is 16.0. The van der Waals surface area contributed by atoms with Crippen LogP contribution in [0.5, 0.6) is 0 Å². The van der Waals surface area contributed by atoms with Gasteiger partial charge in [-0.25, -0.2) is 4.39 Å². The maximum absolute atomic E-state index is 13.1. The van der Waals surface area contributed by atoms with Crippen molar-refractivity contribution in [2.75, 3.05) is 7.05 Å². The lowest BCUT2D eigenvalue weighted by Crippen LogP contribution is -2.29. The third kappa shape index (κ3) is 3.87. The number of rotatable bonds is 5. The highest BCUT2D eigenvalue weighted by molar-refractivity contribution is 6.09. The molecule has 4 rings (SSSR count). The monoisotopic (exact) mass is 389 g/mol. The summed E-state index contributed by atoms with van der Waals surface area (Å²) >= 11 is 0. The molecule has 1 aliphatic rings. The molecule has 0 unspecified atom stereocenters. The summed E-state index contributed by atoms with van der Waals surface area (Å²) in [5.74, 6) is -0.700. The largest absolute Gasteiger partial charge is 0.337 e. The van der Waals surface area contributed by atoms with Crippen molar-refractivity contribution in [2.24, 2.45) is 0 Å². The van der Waals surface area contributed by atoms with Crippen LogP contribution in [0.1, 0.15) is 37.4 Å². The Morgan fingerprint density at radius 1 is 1.10 bits per heavy atom. The number of hydrogen-bond acceptors (Lipinski definition) is 3. The van der Waals surface area contributed by atoms with Gasteiger partial charge in [-0.05, 0) is 41.0 Å². The van der Waals surface area contributed by atoms with Crippen molar-refractivity contribution in [3.8, 4) is 0 Å². The molecular weight excluding hydrogens is 369 g/mol. The minimum atomic E-state index is -0.317. The maximum atomic E-state index is 13.1. The Kier molecular flexibility index (Phi) is 5.08. The van der Waals surface area contributed by atoms with Gasteiger partial charge in [0.2, 0.25) is 0 Å². The first-order valence-electron chi connectivity index (χ1n) is 9.33. The van der Waals surface area contributed by atoms with E-state index in [1.54, 1.807) is 53.5 Å². The fourth-order valence-corrected chi connectivity index (χ4v) is 3.58. The summed E-state index contributed by atoms with van der Waals surface area (Å²) in [6.45, 7) is 1.24. The highest BCUT2D eigenvalue weighted by Crippen LogP contribution is 2.28. The van der Waals surface area contributed by atoms with Gasteiger partial charge in [0.1, 0.15) is 5.82 Å². The Hall–Kier alpha value is -3.54. The molecule has 5 nitrogen and oxygen atoms in total. The van der Waals surface area contributed by atoms with Gasteiger partial charge in [-0.15, -0.1) is 0 Å². The Morgan fingerprint density at radius 2 is 1.90 bits per heavy atom. The van der Waals surface area contributed by atoms with E-state index in [1.165, 1.54) is 12.1 Å². The first-order valence-corrected chi connectivity index (χ1v) is 9.33. The van der Waals surface area contributed by atoms with Crippen molar-refractivity contribution in [2.45, 2.75) is 19.6 Å². The fourth-order valence-electron chi connectivity index (χ4n) is 3.58. The van der Waals surface area contributed by atoms with Gasteiger partial charge in [0.05, 0.1) is 11.1 Å². The molecule has 2 amide bonds. The Balaban J connectivity index is 1.55. The number of pyridine rings is 1. The molecule has 0 aliphatic carbocycles. The van der Waals surface area contributed by atoms with Crippen LogP contribution in [-0.2, 0) is 19.6 Å². The topological polar surface area (TPSA) is 53.5 Å². The van der Waals surface area contributed by atoms with Crippen molar-refractivity contribution < 1.29 is 14.0 Å². The Bertz CT molecular complexity index is 1050. The van der Waals surface area contributed by atoms with E-state index in [2.05, 4.69) is 4.98 Å². The first-order chi connectivity index (χ1) is 14.0. The van der Waals surface area contributed by atoms with Crippen molar-refractivity contribution in [1.82, 2.24) is 14.8 Å². The second kappa shape index (κ2) is 7.83. The van der Waals surface area contributed by atoms with Crippen LogP contribution in [0.3, 0.4) is 0 Å². The van der Waals surface area contributed by atoms with Gasteiger partial charge < -0.3 is 9.80 Å². The molecular formula is C23H20FN3O2. The van der Waals surface area contributed by atoms with Crippen molar-refractivity contribution >= 4 is 11.8 Å². The molecule has 0 N–H and O–H groups in total. The molecule has 29 heavy (non-hydrogen) atoms. The highest BCUT2D eigenvalue weighted by Gasteiger charge is 2.32. The normalized spacial score (nSPS) is 12.8. The predicted octanol–water partition coefficient (Wildman–Crippen LogP) is 3.65. The van der Waals surface area contributed by atoms with Gasteiger partial charge in [0.15, 0.2) is 0 Å². The summed E-state index contributed by atoms with van der Waals surface area (Å²) in [4.78, 5) is 33.5. The quantitative estimate of drug-likeness (QED) is 0.669. The van der Waals surface area contributed by atoms with Crippen LogP contribution in [0.4, 0.5) is 4.39 Å². The van der Waals surface area contributed by atoms with Crippen molar-refractivity contribution in [3.05, 3.63) is 101 Å². The molecule has 1 aromatic heterocycles. The van der Waals surface area contributed by atoms with E-state index >= 15 is 0 Å². The SMILES string of the molecule is CN(Cc1ccc(F)cc1)C(=O)c1cccc2c1C(=O)N(Cc1cccnc1)C2. The maximum Gasteiger partial charge on any atom is 0.255 e. The van der Waals surface area contributed by atoms with E-state index in [9.17, 15) is 14.0 Å². The number of halogens is 1. The number of carbonyl (C=O) groups excluding carboxylic acids is 2. The lowest BCUT2D eigenvalue weighted by Gasteiger charge is -2.19. The van der Waals surface area contributed by atoms with Crippen molar-refractivity contribution in [1.29, 1.82) is 0 Å². The van der Waals surface area contributed by atoms with E-state index in [0.717, 1.165) is 16.7 Å². The second-order valence-electron chi connectivity index (χ2n) is 7.15. The lowest BCUT2D eigenvalue weighted by molar-refractivity contribution is 0.0741. The van der Waals surface area contributed by atoms with E-state index in [4.69, 9.17) is 0 Å². The number of aromatic nitrogens is 1. The van der Waals surface area contributed by atoms with Crippen LogP contribution in [-0.4, -0.2) is 33.6 Å². The molecule has 1 aliphatic heterocycles. The van der Waals surface area contributed by atoms with Gasteiger partial charge in [0.25, 0.3) is 11.8 Å². The van der Waals surface area contributed by atoms with Crippen LogP contribution in [0.2, 0.25) is 0 Å². The summed E-state index contributed by atoms with van der Waals surface area (Å²) < 4.78 is 13.1. The van der Waals surface area contributed by atoms with Gasteiger partial charge in [0, 0.05) is 39.1 Å². The van der Waals surface area contributed by atoms with Gasteiger partial charge in [-0.3, -0.25) is 14.6 Å². The van der Waals surface area contributed by atoms with Crippen molar-refractivity contribution in [3.63, 3.8) is 0 Å². The molecule has 0 bridgehead atoms. The van der Waals surface area contributed by atoms with Gasteiger partial charge >= 0.3 is 0 Å². The zero-order chi connectivity index (χ0) is 20.4. The predicted molar refractivity (Wildman–Crippen MR) is 106 cm³/mol. The first kappa shape index (κ1) is 18.8. The van der Waals surface area contributed by atoms with Crippen LogP contribution < -0.4 is 0 Å². The summed E-state index contributed by atoms with van der Waals surface area (Å²) in [6.07, 6.45) is 3.43. The third-order valence-corrected chi connectivity index (χ3v) is 5.02. The zero-order valence-corrected chi connectivity index (χ0v) is 16.0. The minimum absolute atomic E-state index is 0.150. The second-order valence-corrected chi connectivity index (χ2v) is 7.15. The summed E-state index contributed by atoms with van der Waals surface area (Å²) in [5.41, 5.74) is 3.47. The summed E-state index contributed by atoms with van der Waals surface area (Å²) in [5, 5.41) is 0. The van der Waals surface area contributed by atoms with E-state index in [-0.39, 0.29) is 17.6 Å². The molecule has 0 atom stereocenters. The van der Waals surface area contributed by atoms with Gasteiger partial charge in [-0.1, -0.05) is 30.3 Å². The van der Waals surface area contributed by atoms with Gasteiger partial charge in [-0.2, -0.15) is 0 Å². The highest BCUT2D eigenvalue weighted by atomic mass is 19.1. The molecule has 6 heteroatoms. The van der Waals surface area contributed by atoms with Crippen LogP contribution in [0.15, 0.2) is 67.0 Å². The van der Waals surface area contributed by atoms with Crippen LogP contribution >= 0.6 is 0 Å². The van der Waals surface area contributed by atoms with E-state index < -0.39 is 0 Å². The molecule has 0 saturated heterocycles. The minimum Gasteiger partial charge on any atom is -0.337 e. The van der Waals surface area contributed by atoms with Crippen LogP contribution in [0.25, 0.3) is 0 Å². The molecule has 0 spiro atoms. The average molecular weight is 389 g/mol.